The molecule has 0 radical (unpaired) electrons. The van der Waals surface area contributed by atoms with Crippen LogP contribution in [0.25, 0.3) is 0 Å². The number of nitrogen functional groups attached to an aromatic ring is 1. The van der Waals surface area contributed by atoms with E-state index in [1.54, 1.807) is 6.92 Å². The van der Waals surface area contributed by atoms with Crippen LogP contribution in [0.15, 0.2) is 21.2 Å². The lowest BCUT2D eigenvalue weighted by molar-refractivity contribution is 0.308. The smallest absolute Gasteiger partial charge is 0.322 e. The van der Waals surface area contributed by atoms with Crippen LogP contribution in [0.1, 0.15) is 12.6 Å². The summed E-state index contributed by atoms with van der Waals surface area (Å²) in [4.78, 5) is 30.2. The van der Waals surface area contributed by atoms with E-state index in [1.165, 1.54) is 6.07 Å². The molecule has 0 fully saturated rings. The molecule has 2 aromatic rings. The molecule has 2 rings (SSSR count). The Kier molecular flexibility index (Phi) is 4.48. The molecule has 4 N–H and O–H groups in total. The van der Waals surface area contributed by atoms with Crippen LogP contribution < -0.4 is 21.6 Å². The maximum absolute atomic E-state index is 11.4. The van der Waals surface area contributed by atoms with Crippen LogP contribution in [0.2, 0.25) is 0 Å². The van der Waals surface area contributed by atoms with Crippen LogP contribution in [-0.2, 0) is 0 Å². The first-order valence-electron chi connectivity index (χ1n) is 5.72. The van der Waals surface area contributed by atoms with Gasteiger partial charge >= 0.3 is 6.01 Å². The summed E-state index contributed by atoms with van der Waals surface area (Å²) in [6, 6.07) is 1.55. The molecule has 0 bridgehead atoms. The second-order valence-corrected chi connectivity index (χ2v) is 4.55. The lowest BCUT2D eigenvalue weighted by Gasteiger charge is -2.06. The molecule has 10 heteroatoms. The number of hydrogen-bond donors (Lipinski definition) is 3. The number of aryl methyl sites for hydroxylation is 1. The van der Waals surface area contributed by atoms with Crippen LogP contribution in [0.5, 0.6) is 6.01 Å². The van der Waals surface area contributed by atoms with Gasteiger partial charge < -0.3 is 9.72 Å². The van der Waals surface area contributed by atoms with Crippen LogP contribution in [0, 0.1) is 6.92 Å². The van der Waals surface area contributed by atoms with Gasteiger partial charge in [-0.25, -0.2) is 10.8 Å². The fourth-order valence-corrected chi connectivity index (χ4v) is 2.10. The third-order valence-corrected chi connectivity index (χ3v) is 2.78. The quantitative estimate of drug-likeness (QED) is 0.399. The number of hydrazine groups is 1. The second kappa shape index (κ2) is 6.30. The number of nitrogens with zero attached hydrogens (tertiary/aromatic N) is 4. The van der Waals surface area contributed by atoms with Gasteiger partial charge in [0.2, 0.25) is 11.1 Å². The number of nitrogens with one attached hydrogen (secondary N) is 2. The first-order valence-corrected chi connectivity index (χ1v) is 6.53. The normalized spacial score (nSPS) is 10.3. The molecule has 0 spiro atoms. The van der Waals surface area contributed by atoms with Crippen molar-refractivity contribution in [3.63, 3.8) is 0 Å². The average molecular weight is 295 g/mol. The van der Waals surface area contributed by atoms with E-state index in [0.29, 0.717) is 22.6 Å². The van der Waals surface area contributed by atoms with E-state index in [0.717, 1.165) is 11.8 Å². The number of aromatic amines is 1. The van der Waals surface area contributed by atoms with Crippen LogP contribution >= 0.6 is 11.8 Å². The SMILES string of the molecule is CCOc1nc(NN)nc(Sc2nc(C)cc(=O)[nH]2)n1. The molecule has 0 unspecified atom stereocenters. The number of anilines is 1. The summed E-state index contributed by atoms with van der Waals surface area (Å²) in [5.74, 6) is 5.45. The number of nitrogens with two attached hydrogens (primary N) is 1. The van der Waals surface area contributed by atoms with Crippen molar-refractivity contribution < 1.29 is 4.74 Å². The molecule has 20 heavy (non-hydrogen) atoms. The minimum Gasteiger partial charge on any atom is -0.464 e. The molecule has 0 aliphatic carbocycles. The summed E-state index contributed by atoms with van der Waals surface area (Å²) >= 11 is 1.08. The monoisotopic (exact) mass is 295 g/mol. The largest absolute Gasteiger partial charge is 0.464 e. The van der Waals surface area contributed by atoms with E-state index in [1.807, 2.05) is 6.92 Å². The third-order valence-electron chi connectivity index (χ3n) is 2.03. The standard InChI is InChI=1S/C10H13N7O2S/c1-3-19-8-14-7(17-11)15-10(16-8)20-9-12-5(2)4-6(18)13-9/h4H,3,11H2,1-2H3,(H,12,13,18)(H,14,15,16,17). The van der Waals surface area contributed by atoms with Crippen molar-refractivity contribution in [3.8, 4) is 6.01 Å². The zero-order chi connectivity index (χ0) is 14.5. The third kappa shape index (κ3) is 3.65. The molecule has 0 amide bonds. The molecule has 0 aromatic carbocycles. The molecule has 0 atom stereocenters. The van der Waals surface area contributed by atoms with E-state index in [2.05, 4.69) is 30.3 Å². The molecular formula is C10H13N7O2S. The molecule has 0 aliphatic rings. The summed E-state index contributed by atoms with van der Waals surface area (Å²) in [6.07, 6.45) is 0. The number of H-pyrrole nitrogens is 1. The topological polar surface area (TPSA) is 132 Å². The first kappa shape index (κ1) is 14.2. The molecule has 0 saturated heterocycles. The number of rotatable bonds is 5. The molecule has 2 aromatic heterocycles. The Bertz CT molecular complexity index is 660. The van der Waals surface area contributed by atoms with E-state index < -0.39 is 0 Å². The van der Waals surface area contributed by atoms with Crippen molar-refractivity contribution in [3.05, 3.63) is 22.1 Å². The predicted molar refractivity (Wildman–Crippen MR) is 72.5 cm³/mol. The Morgan fingerprint density at radius 2 is 2.20 bits per heavy atom. The van der Waals surface area contributed by atoms with Crippen molar-refractivity contribution >= 4 is 17.7 Å². The minimum absolute atomic E-state index is 0.146. The van der Waals surface area contributed by atoms with Gasteiger partial charge in [0.15, 0.2) is 5.16 Å². The lowest BCUT2D eigenvalue weighted by atomic mass is 10.5. The van der Waals surface area contributed by atoms with Gasteiger partial charge in [0, 0.05) is 11.8 Å². The van der Waals surface area contributed by atoms with E-state index >= 15 is 0 Å². The Balaban J connectivity index is 2.31. The summed E-state index contributed by atoms with van der Waals surface area (Å²) < 4.78 is 5.21. The summed E-state index contributed by atoms with van der Waals surface area (Å²) in [5.41, 5.74) is 2.69. The highest BCUT2D eigenvalue weighted by molar-refractivity contribution is 7.99. The lowest BCUT2D eigenvalue weighted by Crippen LogP contribution is -2.13. The maximum atomic E-state index is 11.4. The molecule has 106 valence electrons. The summed E-state index contributed by atoms with van der Waals surface area (Å²) in [5, 5.41) is 0.691. The Hall–Kier alpha value is -2.20. The van der Waals surface area contributed by atoms with Gasteiger partial charge in [-0.1, -0.05) is 0 Å². The number of aromatic nitrogens is 5. The Morgan fingerprint density at radius 1 is 1.40 bits per heavy atom. The van der Waals surface area contributed by atoms with E-state index in [9.17, 15) is 4.79 Å². The predicted octanol–water partition coefficient (Wildman–Crippen LogP) is 0.0988. The van der Waals surface area contributed by atoms with Gasteiger partial charge in [-0.3, -0.25) is 10.2 Å². The molecule has 0 saturated carbocycles. The fraction of sp³-hybridized carbons (Fsp3) is 0.300. The van der Waals surface area contributed by atoms with Gasteiger partial charge in [0.25, 0.3) is 5.56 Å². The Morgan fingerprint density at radius 3 is 2.85 bits per heavy atom. The highest BCUT2D eigenvalue weighted by Gasteiger charge is 2.10. The van der Waals surface area contributed by atoms with Crippen molar-refractivity contribution in [2.45, 2.75) is 24.2 Å². The van der Waals surface area contributed by atoms with Crippen LogP contribution in [0.3, 0.4) is 0 Å². The van der Waals surface area contributed by atoms with Crippen molar-refractivity contribution in [2.75, 3.05) is 12.0 Å². The van der Waals surface area contributed by atoms with Crippen LogP contribution in [0.4, 0.5) is 5.95 Å². The van der Waals surface area contributed by atoms with Gasteiger partial charge in [0.05, 0.1) is 6.61 Å². The van der Waals surface area contributed by atoms with Gasteiger partial charge in [-0.2, -0.15) is 15.0 Å². The van der Waals surface area contributed by atoms with Gasteiger partial charge in [-0.05, 0) is 25.6 Å². The first-order chi connectivity index (χ1) is 9.60. The van der Waals surface area contributed by atoms with Crippen LogP contribution in [-0.4, -0.2) is 31.5 Å². The molecule has 2 heterocycles. The molecular weight excluding hydrogens is 282 g/mol. The summed E-state index contributed by atoms with van der Waals surface area (Å²) in [6.45, 7) is 3.95. The Labute approximate surface area is 118 Å². The van der Waals surface area contributed by atoms with Crippen molar-refractivity contribution in [1.82, 2.24) is 24.9 Å². The van der Waals surface area contributed by atoms with E-state index in [-0.39, 0.29) is 17.5 Å². The second-order valence-electron chi connectivity index (χ2n) is 3.60. The highest BCUT2D eigenvalue weighted by Crippen LogP contribution is 2.22. The van der Waals surface area contributed by atoms with Gasteiger partial charge in [0.1, 0.15) is 0 Å². The average Bonchev–Trinajstić information content (AvgIpc) is 2.37. The fourth-order valence-electron chi connectivity index (χ4n) is 1.33. The zero-order valence-corrected chi connectivity index (χ0v) is 11.7. The zero-order valence-electron chi connectivity index (χ0n) is 10.9. The highest BCUT2D eigenvalue weighted by atomic mass is 32.2. The van der Waals surface area contributed by atoms with Crippen molar-refractivity contribution in [2.24, 2.45) is 5.84 Å². The number of ether oxygens (including phenoxy) is 1. The minimum atomic E-state index is -0.240. The van der Waals surface area contributed by atoms with E-state index in [4.69, 9.17) is 10.6 Å². The number of hydrogen-bond acceptors (Lipinski definition) is 9. The molecule has 9 nitrogen and oxygen atoms in total. The molecule has 0 aliphatic heterocycles. The van der Waals surface area contributed by atoms with Gasteiger partial charge in [-0.15, -0.1) is 0 Å². The van der Waals surface area contributed by atoms with Crippen molar-refractivity contribution in [1.29, 1.82) is 0 Å². The summed E-state index contributed by atoms with van der Waals surface area (Å²) in [7, 11) is 0. The maximum Gasteiger partial charge on any atom is 0.322 e.